The van der Waals surface area contributed by atoms with Gasteiger partial charge in [-0.15, -0.1) is 0 Å². The molecule has 104 valence electrons. The number of hydrogen-bond donors (Lipinski definition) is 1. The van der Waals surface area contributed by atoms with Crippen molar-refractivity contribution in [3.8, 4) is 17.8 Å². The Kier molecular flexibility index (Phi) is 4.27. The fourth-order valence-electron chi connectivity index (χ4n) is 1.82. The summed E-state index contributed by atoms with van der Waals surface area (Å²) in [4.78, 5) is 14.9. The molecule has 0 unspecified atom stereocenters. The third-order valence-electron chi connectivity index (χ3n) is 2.73. The quantitative estimate of drug-likeness (QED) is 0.867. The molecule has 21 heavy (non-hydrogen) atoms. The first-order chi connectivity index (χ1) is 10.1. The van der Waals surface area contributed by atoms with Crippen LogP contribution in [0.3, 0.4) is 0 Å². The Labute approximate surface area is 125 Å². The zero-order valence-corrected chi connectivity index (χ0v) is 11.9. The Balaban J connectivity index is 2.47. The van der Waals surface area contributed by atoms with E-state index >= 15 is 0 Å². The van der Waals surface area contributed by atoms with Gasteiger partial charge in [0.25, 0.3) is 0 Å². The summed E-state index contributed by atoms with van der Waals surface area (Å²) in [5, 5.41) is 27.3. The molecular weight excluding hydrogens is 288 g/mol. The molecule has 0 aliphatic heterocycles. The van der Waals surface area contributed by atoms with Crippen molar-refractivity contribution in [2.45, 2.75) is 12.1 Å². The van der Waals surface area contributed by atoms with Crippen LogP contribution >= 0.6 is 11.8 Å². The molecule has 6 nitrogen and oxygen atoms in total. The van der Waals surface area contributed by atoms with Crippen molar-refractivity contribution < 1.29 is 9.90 Å². The van der Waals surface area contributed by atoms with Crippen molar-refractivity contribution >= 4 is 17.7 Å². The molecule has 0 atom stereocenters. The van der Waals surface area contributed by atoms with Crippen LogP contribution in [0.2, 0.25) is 0 Å². The summed E-state index contributed by atoms with van der Waals surface area (Å²) in [5.74, 6) is -1.03. The Hall–Kier alpha value is -2.77. The molecule has 1 N–H and O–H groups in total. The van der Waals surface area contributed by atoms with E-state index in [-0.39, 0.29) is 11.3 Å². The number of thioether (sulfide) groups is 1. The first-order valence-electron chi connectivity index (χ1n) is 5.90. The average Bonchev–Trinajstić information content (AvgIpc) is 2.85. The van der Waals surface area contributed by atoms with Gasteiger partial charge in [-0.2, -0.15) is 10.5 Å². The average molecular weight is 298 g/mol. The van der Waals surface area contributed by atoms with Crippen LogP contribution in [0.4, 0.5) is 0 Å². The SMILES string of the molecule is Cc1cnc(SCC(=O)O)n1-c1ccc(C#N)c(C#N)c1. The fraction of sp³-hybridized carbons (Fsp3) is 0.143. The van der Waals surface area contributed by atoms with E-state index in [1.807, 2.05) is 19.1 Å². The topological polar surface area (TPSA) is 103 Å². The molecule has 0 spiro atoms. The summed E-state index contributed by atoms with van der Waals surface area (Å²) < 4.78 is 1.76. The van der Waals surface area contributed by atoms with E-state index in [9.17, 15) is 4.79 Å². The number of carbonyl (C=O) groups is 1. The fourth-order valence-corrected chi connectivity index (χ4v) is 2.58. The van der Waals surface area contributed by atoms with Crippen molar-refractivity contribution in [2.75, 3.05) is 5.75 Å². The van der Waals surface area contributed by atoms with Crippen LogP contribution in [0.5, 0.6) is 0 Å². The smallest absolute Gasteiger partial charge is 0.313 e. The van der Waals surface area contributed by atoms with Gasteiger partial charge in [0.15, 0.2) is 5.16 Å². The molecule has 1 aromatic carbocycles. The van der Waals surface area contributed by atoms with Gasteiger partial charge in [0, 0.05) is 17.6 Å². The molecule has 0 saturated carbocycles. The molecule has 2 rings (SSSR count). The van der Waals surface area contributed by atoms with Crippen molar-refractivity contribution in [1.29, 1.82) is 10.5 Å². The van der Waals surface area contributed by atoms with E-state index < -0.39 is 5.97 Å². The number of aliphatic carboxylic acids is 1. The van der Waals surface area contributed by atoms with Crippen molar-refractivity contribution in [2.24, 2.45) is 0 Å². The van der Waals surface area contributed by atoms with Gasteiger partial charge in [0.05, 0.1) is 16.9 Å². The Bertz CT molecular complexity index is 783. The Morgan fingerprint density at radius 1 is 1.38 bits per heavy atom. The molecule has 2 aromatic rings. The number of aromatic nitrogens is 2. The van der Waals surface area contributed by atoms with Gasteiger partial charge in [-0.25, -0.2) is 4.98 Å². The number of aryl methyl sites for hydroxylation is 1. The van der Waals surface area contributed by atoms with Crippen LogP contribution in [0.25, 0.3) is 5.69 Å². The number of benzene rings is 1. The largest absolute Gasteiger partial charge is 0.481 e. The number of rotatable bonds is 4. The van der Waals surface area contributed by atoms with Gasteiger partial charge < -0.3 is 5.11 Å². The minimum Gasteiger partial charge on any atom is -0.481 e. The van der Waals surface area contributed by atoms with Crippen LogP contribution in [-0.2, 0) is 4.79 Å². The van der Waals surface area contributed by atoms with Crippen LogP contribution in [0.15, 0.2) is 29.6 Å². The van der Waals surface area contributed by atoms with Gasteiger partial charge in [-0.1, -0.05) is 11.8 Å². The number of hydrogen-bond acceptors (Lipinski definition) is 5. The molecule has 0 fully saturated rings. The second-order valence-corrected chi connectivity index (χ2v) is 5.10. The number of carboxylic acid groups (broad SMARTS) is 1. The predicted molar refractivity (Wildman–Crippen MR) is 76.1 cm³/mol. The molecule has 1 aromatic heterocycles. The van der Waals surface area contributed by atoms with E-state index in [2.05, 4.69) is 4.98 Å². The summed E-state index contributed by atoms with van der Waals surface area (Å²) in [5.41, 5.74) is 2.07. The number of nitriles is 2. The predicted octanol–water partition coefficient (Wildman–Crippen LogP) is 2.10. The van der Waals surface area contributed by atoms with Crippen molar-refractivity contribution in [3.63, 3.8) is 0 Å². The highest BCUT2D eigenvalue weighted by molar-refractivity contribution is 7.99. The lowest BCUT2D eigenvalue weighted by Crippen LogP contribution is -2.03. The van der Waals surface area contributed by atoms with E-state index in [0.717, 1.165) is 17.5 Å². The second-order valence-electron chi connectivity index (χ2n) is 4.15. The molecule has 1 heterocycles. The standard InChI is InChI=1S/C14H10N4O2S/c1-9-7-17-14(21-8-13(19)20)18(9)12-3-2-10(5-15)11(4-12)6-16/h2-4,7H,8H2,1H3,(H,19,20). The number of nitrogens with zero attached hydrogens (tertiary/aromatic N) is 4. The van der Waals surface area contributed by atoms with Crippen LogP contribution < -0.4 is 0 Å². The molecule has 0 aliphatic carbocycles. The maximum absolute atomic E-state index is 10.7. The molecule has 0 radical (unpaired) electrons. The van der Waals surface area contributed by atoms with Crippen LogP contribution in [0, 0.1) is 29.6 Å². The van der Waals surface area contributed by atoms with Gasteiger partial charge in [0.2, 0.25) is 0 Å². The van der Waals surface area contributed by atoms with E-state index in [1.165, 1.54) is 0 Å². The van der Waals surface area contributed by atoms with Gasteiger partial charge in [-0.3, -0.25) is 9.36 Å². The zero-order valence-electron chi connectivity index (χ0n) is 11.1. The molecule has 0 amide bonds. The highest BCUT2D eigenvalue weighted by Crippen LogP contribution is 2.24. The highest BCUT2D eigenvalue weighted by Gasteiger charge is 2.13. The highest BCUT2D eigenvalue weighted by atomic mass is 32.2. The van der Waals surface area contributed by atoms with Crippen molar-refractivity contribution in [3.05, 3.63) is 41.2 Å². The summed E-state index contributed by atoms with van der Waals surface area (Å²) >= 11 is 1.10. The number of imidazole rings is 1. The first kappa shape index (κ1) is 14.6. The lowest BCUT2D eigenvalue weighted by atomic mass is 10.1. The van der Waals surface area contributed by atoms with Crippen LogP contribution in [-0.4, -0.2) is 26.4 Å². The summed E-state index contributed by atoms with van der Waals surface area (Å²) in [6.07, 6.45) is 1.63. The minimum absolute atomic E-state index is 0.0994. The summed E-state index contributed by atoms with van der Waals surface area (Å²) in [7, 11) is 0. The maximum atomic E-state index is 10.7. The maximum Gasteiger partial charge on any atom is 0.313 e. The zero-order chi connectivity index (χ0) is 15.4. The summed E-state index contributed by atoms with van der Waals surface area (Å²) in [6, 6.07) is 8.81. The van der Waals surface area contributed by atoms with E-state index in [0.29, 0.717) is 16.4 Å². The van der Waals surface area contributed by atoms with E-state index in [4.69, 9.17) is 15.6 Å². The lowest BCUT2D eigenvalue weighted by molar-refractivity contribution is -0.133. The monoisotopic (exact) mass is 298 g/mol. The molecule has 0 bridgehead atoms. The minimum atomic E-state index is -0.926. The molecule has 7 heteroatoms. The van der Waals surface area contributed by atoms with Crippen LogP contribution in [0.1, 0.15) is 16.8 Å². The first-order valence-corrected chi connectivity index (χ1v) is 6.89. The third kappa shape index (κ3) is 3.04. The lowest BCUT2D eigenvalue weighted by Gasteiger charge is -2.10. The normalized spacial score (nSPS) is 9.86. The Morgan fingerprint density at radius 3 is 2.71 bits per heavy atom. The third-order valence-corrected chi connectivity index (χ3v) is 3.67. The van der Waals surface area contributed by atoms with Gasteiger partial charge >= 0.3 is 5.97 Å². The van der Waals surface area contributed by atoms with E-state index in [1.54, 1.807) is 29.0 Å². The van der Waals surface area contributed by atoms with Gasteiger partial charge in [-0.05, 0) is 25.1 Å². The second kappa shape index (κ2) is 6.12. The molecule has 0 saturated heterocycles. The summed E-state index contributed by atoms with van der Waals surface area (Å²) in [6.45, 7) is 1.84. The van der Waals surface area contributed by atoms with Crippen molar-refractivity contribution in [1.82, 2.24) is 9.55 Å². The molecule has 0 aliphatic rings. The number of carboxylic acids is 1. The molecular formula is C14H10N4O2S. The Morgan fingerprint density at radius 2 is 2.10 bits per heavy atom. The van der Waals surface area contributed by atoms with Gasteiger partial charge in [0.1, 0.15) is 12.1 Å².